The Morgan fingerprint density at radius 3 is 2.71 bits per heavy atom. The van der Waals surface area contributed by atoms with E-state index in [1.807, 2.05) is 6.92 Å². The molecule has 1 saturated carbocycles. The van der Waals surface area contributed by atoms with E-state index >= 15 is 0 Å². The normalized spacial score (nSPS) is 25.3. The zero-order valence-electron chi connectivity index (χ0n) is 12.3. The maximum atomic E-state index is 12.4. The second-order valence-corrected chi connectivity index (χ2v) is 5.99. The standard InChI is InChI=1S/C16H21NO4/c1-10-5-4-8-16(9-10,15(20)21)17-14(19)12-6-3-7-13(18)11(12)2/h3,6-7,10,18H,4-5,8-9H2,1-2H3,(H,17,19)(H,20,21). The Morgan fingerprint density at radius 1 is 1.38 bits per heavy atom. The summed E-state index contributed by atoms with van der Waals surface area (Å²) >= 11 is 0. The molecule has 0 spiro atoms. The van der Waals surface area contributed by atoms with Gasteiger partial charge in [0, 0.05) is 11.1 Å². The quantitative estimate of drug-likeness (QED) is 0.798. The van der Waals surface area contributed by atoms with E-state index in [0.717, 1.165) is 12.8 Å². The van der Waals surface area contributed by atoms with Gasteiger partial charge in [-0.15, -0.1) is 0 Å². The molecule has 1 aliphatic rings. The summed E-state index contributed by atoms with van der Waals surface area (Å²) < 4.78 is 0. The molecule has 1 aromatic rings. The summed E-state index contributed by atoms with van der Waals surface area (Å²) in [5.74, 6) is -1.13. The molecule has 1 aliphatic carbocycles. The van der Waals surface area contributed by atoms with Crippen molar-refractivity contribution in [2.24, 2.45) is 5.92 Å². The Balaban J connectivity index is 2.27. The van der Waals surface area contributed by atoms with Gasteiger partial charge in [-0.1, -0.05) is 25.8 Å². The van der Waals surface area contributed by atoms with Gasteiger partial charge in [-0.25, -0.2) is 4.79 Å². The summed E-state index contributed by atoms with van der Waals surface area (Å²) in [5.41, 5.74) is -0.430. The fourth-order valence-corrected chi connectivity index (χ4v) is 3.07. The minimum absolute atomic E-state index is 0.0315. The molecule has 1 aromatic carbocycles. The first-order chi connectivity index (χ1) is 9.85. The number of phenols is 1. The molecule has 0 aromatic heterocycles. The van der Waals surface area contributed by atoms with Crippen LogP contribution in [0.15, 0.2) is 18.2 Å². The number of aromatic hydroxyl groups is 1. The minimum atomic E-state index is -1.20. The summed E-state index contributed by atoms with van der Waals surface area (Å²) in [7, 11) is 0. The highest BCUT2D eigenvalue weighted by Gasteiger charge is 2.43. The molecule has 5 nitrogen and oxygen atoms in total. The molecule has 21 heavy (non-hydrogen) atoms. The molecule has 2 unspecified atom stereocenters. The van der Waals surface area contributed by atoms with Gasteiger partial charge in [0.15, 0.2) is 0 Å². The van der Waals surface area contributed by atoms with Gasteiger partial charge in [-0.2, -0.15) is 0 Å². The lowest BCUT2D eigenvalue weighted by molar-refractivity contribution is -0.146. The summed E-state index contributed by atoms with van der Waals surface area (Å²) in [6, 6.07) is 4.67. The Labute approximate surface area is 124 Å². The van der Waals surface area contributed by atoms with Crippen molar-refractivity contribution in [2.75, 3.05) is 0 Å². The number of carboxylic acids is 1. The van der Waals surface area contributed by atoms with Gasteiger partial charge in [-0.05, 0) is 37.8 Å². The average molecular weight is 291 g/mol. The first kappa shape index (κ1) is 15.4. The third-order valence-electron chi connectivity index (χ3n) is 4.31. The molecule has 2 atom stereocenters. The average Bonchev–Trinajstić information content (AvgIpc) is 2.41. The number of amides is 1. The van der Waals surface area contributed by atoms with Crippen molar-refractivity contribution >= 4 is 11.9 Å². The van der Waals surface area contributed by atoms with Crippen molar-refractivity contribution in [3.8, 4) is 5.75 Å². The van der Waals surface area contributed by atoms with Crippen molar-refractivity contribution in [1.82, 2.24) is 5.32 Å². The third-order valence-corrected chi connectivity index (χ3v) is 4.31. The Bertz CT molecular complexity index is 569. The lowest BCUT2D eigenvalue weighted by Gasteiger charge is -2.37. The van der Waals surface area contributed by atoms with Gasteiger partial charge in [-0.3, -0.25) is 4.79 Å². The fraction of sp³-hybridized carbons (Fsp3) is 0.500. The van der Waals surface area contributed by atoms with E-state index in [4.69, 9.17) is 0 Å². The first-order valence-electron chi connectivity index (χ1n) is 7.20. The summed E-state index contributed by atoms with van der Waals surface area (Å²) in [4.78, 5) is 24.1. The minimum Gasteiger partial charge on any atom is -0.508 e. The molecule has 0 radical (unpaired) electrons. The second kappa shape index (κ2) is 5.76. The van der Waals surface area contributed by atoms with Crippen LogP contribution in [-0.2, 0) is 4.79 Å². The van der Waals surface area contributed by atoms with Gasteiger partial charge < -0.3 is 15.5 Å². The van der Waals surface area contributed by atoms with Crippen LogP contribution in [0, 0.1) is 12.8 Å². The number of hydrogen-bond acceptors (Lipinski definition) is 3. The predicted molar refractivity (Wildman–Crippen MR) is 78.3 cm³/mol. The van der Waals surface area contributed by atoms with Crippen LogP contribution in [0.4, 0.5) is 0 Å². The van der Waals surface area contributed by atoms with Crippen LogP contribution in [0.2, 0.25) is 0 Å². The molecule has 0 heterocycles. The van der Waals surface area contributed by atoms with Crippen LogP contribution in [0.5, 0.6) is 5.75 Å². The number of rotatable bonds is 3. The van der Waals surface area contributed by atoms with E-state index in [1.165, 1.54) is 6.07 Å². The van der Waals surface area contributed by atoms with Gasteiger partial charge in [0.05, 0.1) is 0 Å². The number of phenolic OH excluding ortho intramolecular Hbond substituents is 1. The molecule has 0 aliphatic heterocycles. The van der Waals surface area contributed by atoms with Crippen molar-refractivity contribution in [2.45, 2.75) is 45.1 Å². The monoisotopic (exact) mass is 291 g/mol. The van der Waals surface area contributed by atoms with E-state index in [-0.39, 0.29) is 11.7 Å². The highest BCUT2D eigenvalue weighted by Crippen LogP contribution is 2.33. The van der Waals surface area contributed by atoms with E-state index in [0.29, 0.717) is 24.0 Å². The molecule has 114 valence electrons. The largest absolute Gasteiger partial charge is 0.508 e. The maximum Gasteiger partial charge on any atom is 0.329 e. The number of carbonyl (C=O) groups is 2. The molecule has 3 N–H and O–H groups in total. The van der Waals surface area contributed by atoms with Crippen molar-refractivity contribution in [1.29, 1.82) is 0 Å². The van der Waals surface area contributed by atoms with Crippen molar-refractivity contribution in [3.05, 3.63) is 29.3 Å². The van der Waals surface area contributed by atoms with Gasteiger partial charge in [0.25, 0.3) is 5.91 Å². The number of carboxylic acid groups (broad SMARTS) is 1. The van der Waals surface area contributed by atoms with Crippen molar-refractivity contribution < 1.29 is 19.8 Å². The maximum absolute atomic E-state index is 12.4. The Morgan fingerprint density at radius 2 is 2.10 bits per heavy atom. The number of nitrogens with one attached hydrogen (secondary N) is 1. The van der Waals surface area contributed by atoms with Gasteiger partial charge >= 0.3 is 5.97 Å². The van der Waals surface area contributed by atoms with Crippen LogP contribution in [-0.4, -0.2) is 27.6 Å². The van der Waals surface area contributed by atoms with E-state index in [9.17, 15) is 19.8 Å². The highest BCUT2D eigenvalue weighted by molar-refractivity contribution is 5.99. The third kappa shape index (κ3) is 3.01. The molecular formula is C16H21NO4. The van der Waals surface area contributed by atoms with Crippen LogP contribution < -0.4 is 5.32 Å². The second-order valence-electron chi connectivity index (χ2n) is 5.99. The summed E-state index contributed by atoms with van der Waals surface area (Å²) in [6.45, 7) is 3.64. The zero-order valence-corrected chi connectivity index (χ0v) is 12.3. The summed E-state index contributed by atoms with van der Waals surface area (Å²) in [5, 5.41) is 21.9. The molecule has 1 amide bonds. The molecular weight excluding hydrogens is 270 g/mol. The molecule has 0 bridgehead atoms. The van der Waals surface area contributed by atoms with E-state index < -0.39 is 17.4 Å². The highest BCUT2D eigenvalue weighted by atomic mass is 16.4. The number of benzene rings is 1. The van der Waals surface area contributed by atoms with E-state index in [1.54, 1.807) is 19.1 Å². The van der Waals surface area contributed by atoms with Crippen molar-refractivity contribution in [3.63, 3.8) is 0 Å². The lowest BCUT2D eigenvalue weighted by atomic mass is 9.76. The number of carbonyl (C=O) groups excluding carboxylic acids is 1. The van der Waals surface area contributed by atoms with Crippen LogP contribution in [0.3, 0.4) is 0 Å². The molecule has 5 heteroatoms. The first-order valence-corrected chi connectivity index (χ1v) is 7.20. The smallest absolute Gasteiger partial charge is 0.329 e. The molecule has 1 fully saturated rings. The Hall–Kier alpha value is -2.04. The topological polar surface area (TPSA) is 86.6 Å². The Kier molecular flexibility index (Phi) is 4.21. The van der Waals surface area contributed by atoms with Gasteiger partial charge in [0.2, 0.25) is 0 Å². The van der Waals surface area contributed by atoms with Gasteiger partial charge in [0.1, 0.15) is 11.3 Å². The number of aliphatic carboxylic acids is 1. The van der Waals surface area contributed by atoms with Crippen LogP contribution >= 0.6 is 0 Å². The zero-order chi connectivity index (χ0) is 15.6. The fourth-order valence-electron chi connectivity index (χ4n) is 3.07. The number of hydrogen-bond donors (Lipinski definition) is 3. The predicted octanol–water partition coefficient (Wildman–Crippen LogP) is 2.46. The lowest BCUT2D eigenvalue weighted by Crippen LogP contribution is -2.56. The van der Waals surface area contributed by atoms with E-state index in [2.05, 4.69) is 5.32 Å². The summed E-state index contributed by atoms with van der Waals surface area (Å²) in [6.07, 6.45) is 2.64. The molecule has 2 rings (SSSR count). The van der Waals surface area contributed by atoms with Crippen LogP contribution in [0.1, 0.15) is 48.5 Å². The SMILES string of the molecule is Cc1c(O)cccc1C(=O)NC1(C(=O)O)CCCC(C)C1. The van der Waals surface area contributed by atoms with Crippen LogP contribution in [0.25, 0.3) is 0 Å². The molecule has 0 saturated heterocycles.